The van der Waals surface area contributed by atoms with Gasteiger partial charge in [0.1, 0.15) is 16.8 Å². The van der Waals surface area contributed by atoms with E-state index in [0.29, 0.717) is 5.15 Å². The van der Waals surface area contributed by atoms with Crippen LogP contribution >= 0.6 is 11.6 Å². The predicted molar refractivity (Wildman–Crippen MR) is 57.8 cm³/mol. The SMILES string of the molecule is CCc1nc(Cl)c2c(n1)NCC=CC2. The molecule has 1 aliphatic heterocycles. The summed E-state index contributed by atoms with van der Waals surface area (Å²) in [7, 11) is 0. The summed E-state index contributed by atoms with van der Waals surface area (Å²) in [5.41, 5.74) is 0.998. The molecule has 0 aromatic carbocycles. The second kappa shape index (κ2) is 3.96. The molecule has 0 aliphatic carbocycles. The normalized spacial score (nSPS) is 14.4. The molecule has 74 valence electrons. The summed E-state index contributed by atoms with van der Waals surface area (Å²) >= 11 is 6.07. The molecule has 1 N–H and O–H groups in total. The van der Waals surface area contributed by atoms with Gasteiger partial charge in [-0.25, -0.2) is 9.97 Å². The monoisotopic (exact) mass is 209 g/mol. The first-order chi connectivity index (χ1) is 6.81. The van der Waals surface area contributed by atoms with E-state index in [1.54, 1.807) is 0 Å². The number of aromatic nitrogens is 2. The van der Waals surface area contributed by atoms with Gasteiger partial charge in [0.15, 0.2) is 0 Å². The maximum absolute atomic E-state index is 6.07. The number of rotatable bonds is 1. The van der Waals surface area contributed by atoms with Crippen molar-refractivity contribution in [1.82, 2.24) is 9.97 Å². The Morgan fingerprint density at radius 2 is 2.29 bits per heavy atom. The summed E-state index contributed by atoms with van der Waals surface area (Å²) < 4.78 is 0. The number of hydrogen-bond acceptors (Lipinski definition) is 3. The molecule has 0 bridgehead atoms. The smallest absolute Gasteiger partial charge is 0.138 e. The molecule has 1 aliphatic rings. The molecule has 0 unspecified atom stereocenters. The summed E-state index contributed by atoms with van der Waals surface area (Å²) in [6, 6.07) is 0. The number of halogens is 1. The molecule has 0 saturated heterocycles. The molecule has 1 aromatic heterocycles. The van der Waals surface area contributed by atoms with E-state index < -0.39 is 0 Å². The summed E-state index contributed by atoms with van der Waals surface area (Å²) in [5, 5.41) is 3.79. The zero-order valence-electron chi connectivity index (χ0n) is 8.05. The lowest BCUT2D eigenvalue weighted by Crippen LogP contribution is -2.06. The van der Waals surface area contributed by atoms with E-state index in [4.69, 9.17) is 11.6 Å². The highest BCUT2D eigenvalue weighted by atomic mass is 35.5. The average Bonchev–Trinajstić information content (AvgIpc) is 2.42. The predicted octanol–water partition coefficient (Wildman–Crippen LogP) is 2.22. The van der Waals surface area contributed by atoms with E-state index >= 15 is 0 Å². The van der Waals surface area contributed by atoms with Crippen molar-refractivity contribution >= 4 is 17.4 Å². The molecule has 0 atom stereocenters. The average molecular weight is 210 g/mol. The minimum atomic E-state index is 0.575. The van der Waals surface area contributed by atoms with Gasteiger partial charge in [-0.2, -0.15) is 0 Å². The molecular weight excluding hydrogens is 198 g/mol. The summed E-state index contributed by atoms with van der Waals surface area (Å²) in [6.45, 7) is 2.83. The van der Waals surface area contributed by atoms with Crippen molar-refractivity contribution in [3.8, 4) is 0 Å². The Morgan fingerprint density at radius 3 is 3.07 bits per heavy atom. The standard InChI is InChI=1S/C10H12ClN3/c1-2-8-13-9(11)7-5-3-4-6-12-10(7)14-8/h3-4H,2,5-6H2,1H3,(H,12,13,14). The lowest BCUT2D eigenvalue weighted by molar-refractivity contribution is 0.925. The maximum atomic E-state index is 6.07. The summed E-state index contributed by atoms with van der Waals surface area (Å²) in [4.78, 5) is 8.63. The molecule has 0 radical (unpaired) electrons. The Bertz CT molecular complexity index is 374. The summed E-state index contributed by atoms with van der Waals surface area (Å²) in [5.74, 6) is 1.68. The van der Waals surface area contributed by atoms with Crippen LogP contribution in [0, 0.1) is 0 Å². The lowest BCUT2D eigenvalue weighted by Gasteiger charge is -2.09. The number of nitrogens with one attached hydrogen (secondary N) is 1. The van der Waals surface area contributed by atoms with Crippen LogP contribution in [0.15, 0.2) is 12.2 Å². The van der Waals surface area contributed by atoms with Crippen molar-refractivity contribution in [2.75, 3.05) is 11.9 Å². The van der Waals surface area contributed by atoms with Crippen LogP contribution in [-0.4, -0.2) is 16.5 Å². The van der Waals surface area contributed by atoms with Crippen LogP contribution in [0.3, 0.4) is 0 Å². The van der Waals surface area contributed by atoms with Crippen molar-refractivity contribution < 1.29 is 0 Å². The largest absolute Gasteiger partial charge is 0.366 e. The molecule has 0 fully saturated rings. The number of allylic oxidation sites excluding steroid dienone is 1. The quantitative estimate of drug-likeness (QED) is 0.569. The van der Waals surface area contributed by atoms with Gasteiger partial charge in [0, 0.05) is 18.5 Å². The van der Waals surface area contributed by atoms with E-state index in [1.165, 1.54) is 0 Å². The van der Waals surface area contributed by atoms with E-state index in [2.05, 4.69) is 27.4 Å². The van der Waals surface area contributed by atoms with Crippen molar-refractivity contribution in [3.05, 3.63) is 28.7 Å². The third-order valence-corrected chi connectivity index (χ3v) is 2.51. The highest BCUT2D eigenvalue weighted by Gasteiger charge is 2.12. The third-order valence-electron chi connectivity index (χ3n) is 2.20. The molecule has 2 heterocycles. The molecule has 4 heteroatoms. The highest BCUT2D eigenvalue weighted by Crippen LogP contribution is 2.23. The van der Waals surface area contributed by atoms with E-state index in [1.807, 2.05) is 6.92 Å². The molecule has 0 saturated carbocycles. The van der Waals surface area contributed by atoms with Crippen LogP contribution in [0.5, 0.6) is 0 Å². The van der Waals surface area contributed by atoms with Crippen LogP contribution in [-0.2, 0) is 12.8 Å². The topological polar surface area (TPSA) is 37.8 Å². The van der Waals surface area contributed by atoms with Gasteiger partial charge < -0.3 is 5.32 Å². The molecule has 14 heavy (non-hydrogen) atoms. The van der Waals surface area contributed by atoms with E-state index in [-0.39, 0.29) is 0 Å². The second-order valence-corrected chi connectivity index (χ2v) is 3.53. The van der Waals surface area contributed by atoms with Crippen molar-refractivity contribution in [3.63, 3.8) is 0 Å². The molecule has 3 nitrogen and oxygen atoms in total. The Morgan fingerprint density at radius 1 is 1.43 bits per heavy atom. The van der Waals surface area contributed by atoms with Crippen molar-refractivity contribution in [1.29, 1.82) is 0 Å². The molecule has 1 aromatic rings. The van der Waals surface area contributed by atoms with Gasteiger partial charge in [-0.15, -0.1) is 0 Å². The Kier molecular flexibility index (Phi) is 2.68. The molecule has 2 rings (SSSR count). The third kappa shape index (κ3) is 1.73. The van der Waals surface area contributed by atoms with Crippen LogP contribution in [0.4, 0.5) is 5.82 Å². The molecule has 0 amide bonds. The van der Waals surface area contributed by atoms with Gasteiger partial charge in [0.25, 0.3) is 0 Å². The Hall–Kier alpha value is -1.09. The minimum absolute atomic E-state index is 0.575. The van der Waals surface area contributed by atoms with Crippen molar-refractivity contribution in [2.24, 2.45) is 0 Å². The Balaban J connectivity index is 2.47. The number of fused-ring (bicyclic) bond motifs is 1. The zero-order chi connectivity index (χ0) is 9.97. The minimum Gasteiger partial charge on any atom is -0.366 e. The van der Waals surface area contributed by atoms with Gasteiger partial charge in [-0.1, -0.05) is 30.7 Å². The molecular formula is C10H12ClN3. The first-order valence-electron chi connectivity index (χ1n) is 4.75. The number of hydrogen-bond donors (Lipinski definition) is 1. The van der Waals surface area contributed by atoms with Gasteiger partial charge in [0.05, 0.1) is 0 Å². The van der Waals surface area contributed by atoms with Crippen LogP contribution in [0.1, 0.15) is 18.3 Å². The lowest BCUT2D eigenvalue weighted by atomic mass is 10.2. The fraction of sp³-hybridized carbons (Fsp3) is 0.400. The van der Waals surface area contributed by atoms with Crippen molar-refractivity contribution in [2.45, 2.75) is 19.8 Å². The molecule has 0 spiro atoms. The van der Waals surface area contributed by atoms with Gasteiger partial charge >= 0.3 is 0 Å². The van der Waals surface area contributed by atoms with Gasteiger partial charge in [-0.05, 0) is 6.42 Å². The second-order valence-electron chi connectivity index (χ2n) is 3.17. The fourth-order valence-corrected chi connectivity index (χ4v) is 1.69. The fourth-order valence-electron chi connectivity index (χ4n) is 1.43. The summed E-state index contributed by atoms with van der Waals surface area (Å²) in [6.07, 6.45) is 5.77. The zero-order valence-corrected chi connectivity index (χ0v) is 8.80. The maximum Gasteiger partial charge on any atom is 0.138 e. The van der Waals surface area contributed by atoms with Gasteiger partial charge in [-0.3, -0.25) is 0 Å². The number of anilines is 1. The first kappa shape index (κ1) is 9.46. The van der Waals surface area contributed by atoms with E-state index in [0.717, 1.165) is 36.6 Å². The Labute approximate surface area is 88.2 Å². The van der Waals surface area contributed by atoms with Crippen LogP contribution in [0.2, 0.25) is 5.15 Å². The number of nitrogens with zero attached hydrogens (tertiary/aromatic N) is 2. The highest BCUT2D eigenvalue weighted by molar-refractivity contribution is 6.30. The van der Waals surface area contributed by atoms with Crippen LogP contribution in [0.25, 0.3) is 0 Å². The number of aryl methyl sites for hydroxylation is 1. The van der Waals surface area contributed by atoms with E-state index in [9.17, 15) is 0 Å². The van der Waals surface area contributed by atoms with Crippen LogP contribution < -0.4 is 5.32 Å². The first-order valence-corrected chi connectivity index (χ1v) is 5.13. The van der Waals surface area contributed by atoms with Gasteiger partial charge in [0.2, 0.25) is 0 Å².